The molecule has 3 N–H and O–H groups in total. The highest BCUT2D eigenvalue weighted by atomic mass is 19.1. The number of aromatic nitrogens is 6. The molecule has 64 heavy (non-hydrogen) atoms. The molecule has 5 heterocycles. The highest BCUT2D eigenvalue weighted by molar-refractivity contribution is 5.95. The van der Waals surface area contributed by atoms with Gasteiger partial charge in [-0.05, 0) is 66.4 Å². The third-order valence-electron chi connectivity index (χ3n) is 11.6. The lowest BCUT2D eigenvalue weighted by Crippen LogP contribution is -2.62. The van der Waals surface area contributed by atoms with E-state index in [0.717, 1.165) is 59.1 Å². The molecule has 7 aromatic rings. The lowest BCUT2D eigenvalue weighted by Gasteiger charge is -2.40. The number of carboxylic acids is 1. The van der Waals surface area contributed by atoms with Gasteiger partial charge in [-0.1, -0.05) is 54.6 Å². The fourth-order valence-electron chi connectivity index (χ4n) is 8.47. The summed E-state index contributed by atoms with van der Waals surface area (Å²) < 4.78 is 44.2. The molecule has 0 radical (unpaired) electrons. The van der Waals surface area contributed by atoms with E-state index in [2.05, 4.69) is 15.1 Å². The molecule has 2 amide bonds. The van der Waals surface area contributed by atoms with Crippen LogP contribution in [-0.2, 0) is 27.5 Å². The van der Waals surface area contributed by atoms with Gasteiger partial charge in [0.1, 0.15) is 54.2 Å². The van der Waals surface area contributed by atoms with Gasteiger partial charge in [-0.25, -0.2) is 33.0 Å². The van der Waals surface area contributed by atoms with E-state index in [1.54, 1.807) is 4.90 Å². The largest absolute Gasteiger partial charge is 0.488 e. The summed E-state index contributed by atoms with van der Waals surface area (Å²) in [5.74, 6) is -2.58. The molecule has 0 bridgehead atoms. The van der Waals surface area contributed by atoms with Crippen molar-refractivity contribution >= 4 is 45.7 Å². The number of carbonyl (C=O) groups excluding carboxylic acids is 2. The Bertz CT molecular complexity index is 2840. The first-order valence-electron chi connectivity index (χ1n) is 21.0. The summed E-state index contributed by atoms with van der Waals surface area (Å²) in [6, 6.07) is 23.4. The molecule has 0 unspecified atom stereocenters. The quantitative estimate of drug-likeness (QED) is 0.133. The Morgan fingerprint density at radius 3 is 2.53 bits per heavy atom. The number of aliphatic carboxylic acids is 1. The van der Waals surface area contributed by atoms with Crippen LogP contribution in [0.25, 0.3) is 38.8 Å². The summed E-state index contributed by atoms with van der Waals surface area (Å²) in [5, 5.41) is 20.9. The number of ether oxygens (including phenoxy) is 2. The predicted octanol–water partition coefficient (Wildman–Crippen LogP) is 5.81. The van der Waals surface area contributed by atoms with Gasteiger partial charge in [-0.15, -0.1) is 0 Å². The van der Waals surface area contributed by atoms with Gasteiger partial charge in [0.05, 0.1) is 30.2 Å². The van der Waals surface area contributed by atoms with Crippen molar-refractivity contribution in [3.63, 3.8) is 0 Å². The van der Waals surface area contributed by atoms with E-state index < -0.39 is 47.8 Å². The standard InChI is InChI=1S/C46H44F2N10O6/c47-31-14-15-39(37(48)21-31)58-43-35(23-52-58)42(50-28-51-43)57-24-33(64-32-11-6-10-30(20-32)34-12-7-13-38-36(34)25-55(53-38)17-5-4-16-49)22-40(57)44(59)56-19-18-54(26-41(56)45(60)61)46(62)63-27-29-8-2-1-3-9-29/h1-3,6-15,20-21,23,25,28,33,40-41H,4-5,16-19,22,24,26-27,49H2,(H,60,61)/t33-,40-,41-/m0/s1. The number of fused-ring (bicyclic) bond motifs is 2. The van der Waals surface area contributed by atoms with Crippen LogP contribution in [0, 0.1) is 11.6 Å². The Kier molecular flexibility index (Phi) is 11.8. The van der Waals surface area contributed by atoms with Crippen LogP contribution in [-0.4, -0.2) is 113 Å². The van der Waals surface area contributed by atoms with Crippen molar-refractivity contribution in [3.05, 3.63) is 127 Å². The van der Waals surface area contributed by atoms with E-state index in [4.69, 9.17) is 20.3 Å². The van der Waals surface area contributed by atoms with E-state index in [0.29, 0.717) is 17.7 Å². The summed E-state index contributed by atoms with van der Waals surface area (Å²) in [7, 11) is 0. The van der Waals surface area contributed by atoms with Crippen LogP contribution in [0.5, 0.6) is 5.75 Å². The van der Waals surface area contributed by atoms with Crippen molar-refractivity contribution < 1.29 is 37.7 Å². The Morgan fingerprint density at radius 2 is 1.72 bits per heavy atom. The fourth-order valence-corrected chi connectivity index (χ4v) is 8.47. The number of halogens is 2. The van der Waals surface area contributed by atoms with Crippen LogP contribution in [0.2, 0.25) is 0 Å². The number of piperazine rings is 1. The van der Waals surface area contributed by atoms with E-state index in [-0.39, 0.29) is 56.4 Å². The van der Waals surface area contributed by atoms with Gasteiger partial charge >= 0.3 is 12.1 Å². The second-order valence-electron chi connectivity index (χ2n) is 15.8. The molecule has 9 rings (SSSR count). The molecule has 2 aliphatic heterocycles. The number of aryl methyl sites for hydroxylation is 1. The number of rotatable bonds is 13. The molecular formula is C46H44F2N10O6. The van der Waals surface area contributed by atoms with Crippen LogP contribution in [0.1, 0.15) is 24.8 Å². The third-order valence-corrected chi connectivity index (χ3v) is 11.6. The molecule has 4 aromatic carbocycles. The summed E-state index contributed by atoms with van der Waals surface area (Å²) in [6.45, 7) is 1.18. The van der Waals surface area contributed by atoms with Gasteiger partial charge in [-0.2, -0.15) is 10.2 Å². The first kappa shape index (κ1) is 41.9. The smallest absolute Gasteiger partial charge is 0.410 e. The van der Waals surface area contributed by atoms with Crippen molar-refractivity contribution in [2.24, 2.45) is 5.73 Å². The first-order chi connectivity index (χ1) is 31.1. The molecule has 3 aromatic heterocycles. The predicted molar refractivity (Wildman–Crippen MR) is 232 cm³/mol. The Morgan fingerprint density at radius 1 is 0.875 bits per heavy atom. The molecule has 0 spiro atoms. The number of hydrogen-bond acceptors (Lipinski definition) is 11. The minimum atomic E-state index is -1.38. The van der Waals surface area contributed by atoms with Gasteiger partial charge < -0.3 is 35.0 Å². The second-order valence-corrected chi connectivity index (χ2v) is 15.8. The molecular weight excluding hydrogens is 827 g/mol. The van der Waals surface area contributed by atoms with Gasteiger partial charge in [0, 0.05) is 43.7 Å². The molecule has 0 aliphatic carbocycles. The monoisotopic (exact) mass is 870 g/mol. The Balaban J connectivity index is 1.01. The van der Waals surface area contributed by atoms with Crippen molar-refractivity contribution in [2.75, 3.05) is 37.6 Å². The zero-order chi connectivity index (χ0) is 44.3. The van der Waals surface area contributed by atoms with Crippen LogP contribution >= 0.6 is 0 Å². The zero-order valence-electron chi connectivity index (χ0n) is 34.5. The number of carbonyl (C=O) groups is 3. The number of hydrogen-bond donors (Lipinski definition) is 2. The highest BCUT2D eigenvalue weighted by Gasteiger charge is 2.46. The topological polar surface area (TPSA) is 187 Å². The normalized spacial score (nSPS) is 17.6. The summed E-state index contributed by atoms with van der Waals surface area (Å²) >= 11 is 0. The van der Waals surface area contributed by atoms with E-state index in [9.17, 15) is 23.9 Å². The number of nitrogens with two attached hydrogens (primary N) is 1. The fraction of sp³-hybridized carbons (Fsp3) is 0.283. The molecule has 3 atom stereocenters. The average molecular weight is 871 g/mol. The maximum atomic E-state index is 15.0. The van der Waals surface area contributed by atoms with Crippen molar-refractivity contribution in [1.29, 1.82) is 0 Å². The van der Waals surface area contributed by atoms with Gasteiger partial charge in [0.25, 0.3) is 0 Å². The average Bonchev–Trinajstić information content (AvgIpc) is 4.05. The summed E-state index contributed by atoms with van der Waals surface area (Å²) in [5.41, 5.74) is 9.35. The van der Waals surface area contributed by atoms with Crippen molar-refractivity contribution in [2.45, 2.75) is 50.6 Å². The van der Waals surface area contributed by atoms with Crippen molar-refractivity contribution in [1.82, 2.24) is 39.3 Å². The van der Waals surface area contributed by atoms with Gasteiger partial charge in [0.2, 0.25) is 5.91 Å². The maximum absolute atomic E-state index is 15.0. The summed E-state index contributed by atoms with van der Waals surface area (Å²) in [6.07, 6.45) is 5.39. The zero-order valence-corrected chi connectivity index (χ0v) is 34.5. The van der Waals surface area contributed by atoms with Gasteiger partial charge in [0.15, 0.2) is 11.5 Å². The lowest BCUT2D eigenvalue weighted by molar-refractivity contribution is -0.153. The number of nitrogens with zero attached hydrogens (tertiary/aromatic N) is 9. The maximum Gasteiger partial charge on any atom is 0.410 e. The van der Waals surface area contributed by atoms with E-state index in [1.165, 1.54) is 33.1 Å². The Hall–Kier alpha value is -7.47. The van der Waals surface area contributed by atoms with Crippen LogP contribution in [0.4, 0.5) is 19.4 Å². The minimum absolute atomic E-state index is 0.00566. The highest BCUT2D eigenvalue weighted by Crippen LogP contribution is 2.36. The first-order valence-corrected chi connectivity index (χ1v) is 21.0. The molecule has 2 fully saturated rings. The number of carboxylic acid groups (broad SMARTS) is 1. The SMILES string of the molecule is NCCCCn1cc2c(-c3cccc(O[C@H]4C[C@@H](C(=O)N5CCN(C(=O)OCc6ccccc6)C[C@H]5C(=O)O)N(c5ncnc6c5cnn6-c5ccc(F)cc5F)C4)c3)cccc2n1. The van der Waals surface area contributed by atoms with Crippen LogP contribution < -0.4 is 15.4 Å². The van der Waals surface area contributed by atoms with Gasteiger partial charge in [-0.3, -0.25) is 9.48 Å². The molecule has 2 aliphatic rings. The second kappa shape index (κ2) is 18.1. The van der Waals surface area contributed by atoms with Crippen LogP contribution in [0.3, 0.4) is 0 Å². The number of benzene rings is 4. The molecule has 328 valence electrons. The minimum Gasteiger partial charge on any atom is -0.488 e. The number of amides is 2. The molecule has 0 saturated carbocycles. The van der Waals surface area contributed by atoms with E-state index in [1.807, 2.05) is 83.7 Å². The van der Waals surface area contributed by atoms with E-state index >= 15 is 4.39 Å². The van der Waals surface area contributed by atoms with Crippen LogP contribution in [0.15, 0.2) is 110 Å². The molecule has 16 nitrogen and oxygen atoms in total. The third kappa shape index (κ3) is 8.51. The number of unbranched alkanes of at least 4 members (excludes halogenated alkanes) is 1. The number of anilines is 1. The Labute approximate surface area is 365 Å². The van der Waals surface area contributed by atoms with Crippen molar-refractivity contribution in [3.8, 4) is 22.6 Å². The lowest BCUT2D eigenvalue weighted by atomic mass is 10.0. The molecule has 18 heteroatoms. The summed E-state index contributed by atoms with van der Waals surface area (Å²) in [4.78, 5) is 54.0. The molecule has 2 saturated heterocycles.